The summed E-state index contributed by atoms with van der Waals surface area (Å²) in [5, 5.41) is 0. The molecule has 0 spiro atoms. The Labute approximate surface area is 112 Å². The van der Waals surface area contributed by atoms with Gasteiger partial charge in [0.05, 0.1) is 12.5 Å². The zero-order valence-corrected chi connectivity index (χ0v) is 13.1. The molecule has 0 radical (unpaired) electrons. The Balaban J connectivity index is 4.43. The van der Waals surface area contributed by atoms with Crippen molar-refractivity contribution in [2.45, 2.75) is 54.4 Å². The van der Waals surface area contributed by atoms with Crippen LogP contribution in [-0.2, 0) is 14.3 Å². The fraction of sp³-hybridized carbons (Fsp3) is 0.933. The lowest BCUT2D eigenvalue weighted by Gasteiger charge is -2.33. The molecule has 0 rings (SSSR count). The third kappa shape index (κ3) is 7.70. The highest BCUT2D eigenvalue weighted by Gasteiger charge is 2.35. The fourth-order valence-electron chi connectivity index (χ4n) is 1.83. The number of hydrogen-bond acceptors (Lipinski definition) is 3. The molecular formula is C15H30O3. The highest BCUT2D eigenvalue weighted by atomic mass is 16.5. The van der Waals surface area contributed by atoms with Crippen LogP contribution in [0.15, 0.2) is 0 Å². The van der Waals surface area contributed by atoms with Gasteiger partial charge in [0, 0.05) is 20.1 Å². The van der Waals surface area contributed by atoms with E-state index < -0.39 is 0 Å². The van der Waals surface area contributed by atoms with E-state index in [1.165, 1.54) is 0 Å². The highest BCUT2D eigenvalue weighted by Crippen LogP contribution is 2.36. The zero-order chi connectivity index (χ0) is 14.4. The third-order valence-corrected chi connectivity index (χ3v) is 2.88. The summed E-state index contributed by atoms with van der Waals surface area (Å²) >= 11 is 0. The minimum absolute atomic E-state index is 0.0555. The van der Waals surface area contributed by atoms with Gasteiger partial charge in [-0.15, -0.1) is 0 Å². The van der Waals surface area contributed by atoms with Crippen molar-refractivity contribution in [1.29, 1.82) is 0 Å². The van der Waals surface area contributed by atoms with Crippen LogP contribution < -0.4 is 0 Å². The second-order valence-corrected chi connectivity index (χ2v) is 7.20. The number of esters is 1. The van der Waals surface area contributed by atoms with Gasteiger partial charge in [0.25, 0.3) is 0 Å². The number of methoxy groups -OCH3 is 1. The van der Waals surface area contributed by atoms with E-state index in [0.717, 1.165) is 12.8 Å². The maximum atomic E-state index is 12.2. The number of ether oxygens (including phenoxy) is 2. The largest absolute Gasteiger partial charge is 0.465 e. The lowest BCUT2D eigenvalue weighted by molar-refractivity contribution is -0.154. The first kappa shape index (κ1) is 17.4. The molecule has 0 aromatic rings. The van der Waals surface area contributed by atoms with Crippen LogP contribution in [0.3, 0.4) is 0 Å². The molecule has 0 amide bonds. The third-order valence-electron chi connectivity index (χ3n) is 2.88. The van der Waals surface area contributed by atoms with Gasteiger partial charge in [0.1, 0.15) is 0 Å². The van der Waals surface area contributed by atoms with Crippen molar-refractivity contribution in [3.63, 3.8) is 0 Å². The Kier molecular flexibility index (Phi) is 6.90. The number of carbonyl (C=O) groups is 1. The van der Waals surface area contributed by atoms with Crippen LogP contribution in [0.4, 0.5) is 0 Å². The molecule has 1 unspecified atom stereocenters. The summed E-state index contributed by atoms with van der Waals surface area (Å²) in [7, 11) is 1.65. The molecule has 108 valence electrons. The van der Waals surface area contributed by atoms with Crippen molar-refractivity contribution in [3.05, 3.63) is 0 Å². The second kappa shape index (κ2) is 7.13. The van der Waals surface area contributed by atoms with Crippen molar-refractivity contribution < 1.29 is 14.3 Å². The summed E-state index contributed by atoms with van der Waals surface area (Å²) in [5.74, 6) is -0.131. The molecule has 0 aromatic carbocycles. The highest BCUT2D eigenvalue weighted by molar-refractivity contribution is 5.73. The molecule has 18 heavy (non-hydrogen) atoms. The van der Waals surface area contributed by atoms with Crippen LogP contribution in [-0.4, -0.2) is 26.3 Å². The maximum Gasteiger partial charge on any atom is 0.309 e. The molecule has 3 heteroatoms. The van der Waals surface area contributed by atoms with Crippen LogP contribution in [0.5, 0.6) is 0 Å². The predicted octanol–water partition coefficient (Wildman–Crippen LogP) is 3.66. The predicted molar refractivity (Wildman–Crippen MR) is 74.5 cm³/mol. The van der Waals surface area contributed by atoms with Gasteiger partial charge in [-0.1, -0.05) is 41.5 Å². The van der Waals surface area contributed by atoms with Gasteiger partial charge in [-0.2, -0.15) is 0 Å². The van der Waals surface area contributed by atoms with Gasteiger partial charge in [-0.25, -0.2) is 0 Å². The number of carbonyl (C=O) groups excluding carboxylic acids is 1. The fourth-order valence-corrected chi connectivity index (χ4v) is 1.83. The van der Waals surface area contributed by atoms with Crippen molar-refractivity contribution in [1.82, 2.24) is 0 Å². The number of hydrogen-bond donors (Lipinski definition) is 0. The molecule has 0 aliphatic rings. The SMILES string of the molecule is COCCCOC(=O)C(CC(C)(C)C)C(C)(C)C. The Bertz CT molecular complexity index is 245. The van der Waals surface area contributed by atoms with Gasteiger partial charge >= 0.3 is 5.97 Å². The molecule has 0 N–H and O–H groups in total. The van der Waals surface area contributed by atoms with Gasteiger partial charge in [0.15, 0.2) is 0 Å². The van der Waals surface area contributed by atoms with Gasteiger partial charge in [0.2, 0.25) is 0 Å². The van der Waals surface area contributed by atoms with E-state index in [1.807, 2.05) is 0 Å². The molecule has 3 nitrogen and oxygen atoms in total. The van der Waals surface area contributed by atoms with Gasteiger partial charge in [-0.05, 0) is 17.3 Å². The average Bonchev–Trinajstić information content (AvgIpc) is 2.18. The van der Waals surface area contributed by atoms with Crippen LogP contribution in [0, 0.1) is 16.7 Å². The van der Waals surface area contributed by atoms with Crippen molar-refractivity contribution in [2.75, 3.05) is 20.3 Å². The molecule has 0 aromatic heterocycles. The topological polar surface area (TPSA) is 35.5 Å². The molecule has 0 heterocycles. The van der Waals surface area contributed by atoms with E-state index in [0.29, 0.717) is 13.2 Å². The minimum Gasteiger partial charge on any atom is -0.465 e. The molecule has 0 bridgehead atoms. The van der Waals surface area contributed by atoms with Crippen LogP contribution in [0.25, 0.3) is 0 Å². The summed E-state index contributed by atoms with van der Waals surface area (Å²) in [6.07, 6.45) is 1.61. The lowest BCUT2D eigenvalue weighted by atomic mass is 9.72. The lowest BCUT2D eigenvalue weighted by Crippen LogP contribution is -2.33. The maximum absolute atomic E-state index is 12.2. The average molecular weight is 258 g/mol. The molecule has 0 fully saturated rings. The molecule has 0 saturated heterocycles. The van der Waals surface area contributed by atoms with E-state index in [1.54, 1.807) is 7.11 Å². The second-order valence-electron chi connectivity index (χ2n) is 7.20. The molecule has 1 atom stereocenters. The minimum atomic E-state index is -0.0754. The van der Waals surface area contributed by atoms with Crippen molar-refractivity contribution in [2.24, 2.45) is 16.7 Å². The summed E-state index contributed by atoms with van der Waals surface area (Å²) in [5.41, 5.74) is 0.0646. The van der Waals surface area contributed by atoms with E-state index in [2.05, 4.69) is 41.5 Å². The Morgan fingerprint density at radius 2 is 1.61 bits per heavy atom. The van der Waals surface area contributed by atoms with Crippen molar-refractivity contribution in [3.8, 4) is 0 Å². The standard InChI is InChI=1S/C15H30O3/c1-14(2,3)11-12(15(4,5)6)13(16)18-10-8-9-17-7/h12H,8-11H2,1-7H3. The van der Waals surface area contributed by atoms with E-state index in [4.69, 9.17) is 9.47 Å². The van der Waals surface area contributed by atoms with Gasteiger partial charge < -0.3 is 9.47 Å². The Morgan fingerprint density at radius 1 is 1.06 bits per heavy atom. The summed E-state index contributed by atoms with van der Waals surface area (Å²) in [6.45, 7) is 13.8. The molecular weight excluding hydrogens is 228 g/mol. The first-order valence-corrected chi connectivity index (χ1v) is 6.73. The Morgan fingerprint density at radius 3 is 2.00 bits per heavy atom. The molecule has 0 aliphatic heterocycles. The monoisotopic (exact) mass is 258 g/mol. The zero-order valence-electron chi connectivity index (χ0n) is 13.1. The molecule has 0 saturated carbocycles. The molecule has 0 aliphatic carbocycles. The van der Waals surface area contributed by atoms with E-state index >= 15 is 0 Å². The summed E-state index contributed by atoms with van der Waals surface area (Å²) in [4.78, 5) is 12.2. The van der Waals surface area contributed by atoms with Crippen LogP contribution in [0.2, 0.25) is 0 Å². The van der Waals surface area contributed by atoms with Gasteiger partial charge in [-0.3, -0.25) is 4.79 Å². The smallest absolute Gasteiger partial charge is 0.309 e. The normalized spacial score (nSPS) is 14.4. The quantitative estimate of drug-likeness (QED) is 0.538. The van der Waals surface area contributed by atoms with E-state index in [9.17, 15) is 4.79 Å². The van der Waals surface area contributed by atoms with Crippen LogP contribution in [0.1, 0.15) is 54.4 Å². The summed E-state index contributed by atoms with van der Waals surface area (Å²) in [6, 6.07) is 0. The first-order chi connectivity index (χ1) is 8.08. The Hall–Kier alpha value is -0.570. The van der Waals surface area contributed by atoms with Crippen molar-refractivity contribution >= 4 is 5.97 Å². The number of rotatable bonds is 6. The summed E-state index contributed by atoms with van der Waals surface area (Å²) < 4.78 is 10.3. The van der Waals surface area contributed by atoms with E-state index in [-0.39, 0.29) is 22.7 Å². The van der Waals surface area contributed by atoms with Crippen LogP contribution >= 0.6 is 0 Å². The first-order valence-electron chi connectivity index (χ1n) is 6.73.